The number of hydrogen-bond acceptors (Lipinski definition) is 4. The molecule has 0 unspecified atom stereocenters. The van der Waals surface area contributed by atoms with Crippen LogP contribution in [-0.2, 0) is 14.3 Å². The van der Waals surface area contributed by atoms with E-state index >= 15 is 0 Å². The number of unbranched alkanes of at least 4 members (excludes halogenated alkanes) is 2. The summed E-state index contributed by atoms with van der Waals surface area (Å²) >= 11 is 0. The van der Waals surface area contributed by atoms with Crippen molar-refractivity contribution in [2.75, 3.05) is 34.4 Å². The van der Waals surface area contributed by atoms with E-state index in [4.69, 9.17) is 17.3 Å². The molecule has 0 bridgehead atoms. The molecule has 0 aromatic carbocycles. The van der Waals surface area contributed by atoms with Crippen molar-refractivity contribution in [2.24, 2.45) is 0 Å². The minimum Gasteiger partial charge on any atom is -0.350 e. The number of rotatable bonds is 7. The first-order valence-electron chi connectivity index (χ1n) is 6.62. The summed E-state index contributed by atoms with van der Waals surface area (Å²) in [4.78, 5) is 12.9. The maximum atomic E-state index is 10.9. The number of nitrogens with zero attached hydrogens (tertiary/aromatic N) is 1. The summed E-state index contributed by atoms with van der Waals surface area (Å²) in [6, 6.07) is 0. The van der Waals surface area contributed by atoms with E-state index in [1.54, 1.807) is 0 Å². The summed E-state index contributed by atoms with van der Waals surface area (Å²) < 4.78 is 10.6. The van der Waals surface area contributed by atoms with Crippen LogP contribution in [0.15, 0.2) is 0 Å². The Hall–Kier alpha value is -0.385. The van der Waals surface area contributed by atoms with Crippen LogP contribution < -0.4 is 0 Å². The van der Waals surface area contributed by atoms with Crippen molar-refractivity contribution in [3.8, 4) is 0 Å². The predicted molar refractivity (Wildman–Crippen MR) is 74.0 cm³/mol. The number of carbonyl (C=O) groups excluding carboxylic acids is 1. The van der Waals surface area contributed by atoms with Gasteiger partial charge in [-0.1, -0.05) is 6.42 Å². The zero-order chi connectivity index (χ0) is 13.8. The second-order valence-electron chi connectivity index (χ2n) is 4.85. The van der Waals surface area contributed by atoms with Crippen molar-refractivity contribution in [1.29, 1.82) is 0 Å². The average Bonchev–Trinajstić information content (AvgIpc) is 2.80. The molecule has 0 saturated carbocycles. The molecular formula is C13H26BNO3. The van der Waals surface area contributed by atoms with E-state index in [0.29, 0.717) is 6.42 Å². The van der Waals surface area contributed by atoms with Crippen molar-refractivity contribution < 1.29 is 14.3 Å². The summed E-state index contributed by atoms with van der Waals surface area (Å²) in [7, 11) is 11.2. The van der Waals surface area contributed by atoms with Gasteiger partial charge in [0.05, 0.1) is 21.1 Å². The van der Waals surface area contributed by atoms with Gasteiger partial charge in [0.15, 0.2) is 6.29 Å². The van der Waals surface area contributed by atoms with Crippen LogP contribution in [0.2, 0.25) is 6.32 Å². The number of Topliss-reactive ketones (excluding diaryl/α,β-unsaturated/α-hetero) is 1. The fourth-order valence-corrected chi connectivity index (χ4v) is 1.49. The quantitative estimate of drug-likeness (QED) is 0.512. The van der Waals surface area contributed by atoms with E-state index in [1.807, 2.05) is 26.0 Å². The number of carbonyl (C=O) groups is 1. The van der Waals surface area contributed by atoms with Gasteiger partial charge in [-0.2, -0.15) is 0 Å². The Morgan fingerprint density at radius 1 is 1.17 bits per heavy atom. The molecule has 0 spiro atoms. The van der Waals surface area contributed by atoms with E-state index in [2.05, 4.69) is 0 Å². The highest BCUT2D eigenvalue weighted by Gasteiger charge is 2.14. The van der Waals surface area contributed by atoms with Gasteiger partial charge in [0.1, 0.15) is 5.78 Å². The van der Waals surface area contributed by atoms with Gasteiger partial charge in [-0.15, -0.1) is 0 Å². The summed E-state index contributed by atoms with van der Waals surface area (Å²) in [5.74, 6) is 0.151. The third-order valence-electron chi connectivity index (χ3n) is 2.31. The van der Waals surface area contributed by atoms with E-state index in [0.717, 1.165) is 38.9 Å². The second kappa shape index (κ2) is 11.7. The summed E-state index contributed by atoms with van der Waals surface area (Å²) in [6.07, 6.45) is 4.77. The highest BCUT2D eigenvalue weighted by Crippen LogP contribution is 2.13. The van der Waals surface area contributed by atoms with Crippen LogP contribution in [0, 0.1) is 0 Å². The van der Waals surface area contributed by atoms with Crippen molar-refractivity contribution in [3.63, 3.8) is 0 Å². The zero-order valence-electron chi connectivity index (χ0n) is 12.0. The molecule has 1 aliphatic rings. The molecule has 0 amide bonds. The Kier molecular flexibility index (Phi) is 11.4. The van der Waals surface area contributed by atoms with Gasteiger partial charge >= 0.3 is 0 Å². The molecule has 18 heavy (non-hydrogen) atoms. The Morgan fingerprint density at radius 2 is 1.72 bits per heavy atom. The number of ether oxygens (including phenoxy) is 2. The Balaban J connectivity index is 0.000000631. The monoisotopic (exact) mass is 255 g/mol. The molecule has 0 aromatic rings. The smallest absolute Gasteiger partial charge is 0.157 e. The molecule has 2 radical (unpaired) electrons. The molecule has 0 aromatic heterocycles. The van der Waals surface area contributed by atoms with E-state index in [9.17, 15) is 4.79 Å². The van der Waals surface area contributed by atoms with Gasteiger partial charge < -0.3 is 19.2 Å². The molecule has 5 heteroatoms. The predicted octanol–water partition coefficient (Wildman–Crippen LogP) is 1.64. The molecule has 0 atom stereocenters. The lowest BCUT2D eigenvalue weighted by atomic mass is 9.97. The number of hydrogen-bond donors (Lipinski definition) is 0. The molecule has 4 nitrogen and oxygen atoms in total. The van der Waals surface area contributed by atoms with Crippen molar-refractivity contribution in [2.45, 2.75) is 44.7 Å². The average molecular weight is 255 g/mol. The van der Waals surface area contributed by atoms with Gasteiger partial charge in [0.2, 0.25) is 0 Å². The van der Waals surface area contributed by atoms with Crippen LogP contribution in [0.3, 0.4) is 0 Å². The lowest BCUT2D eigenvalue weighted by Gasteiger charge is -2.07. The molecule has 0 N–H and O–H groups in total. The van der Waals surface area contributed by atoms with Crippen LogP contribution >= 0.6 is 0 Å². The maximum absolute atomic E-state index is 10.9. The van der Waals surface area contributed by atoms with Gasteiger partial charge in [0, 0.05) is 6.42 Å². The number of ketones is 1. The molecule has 1 saturated heterocycles. The van der Waals surface area contributed by atoms with Crippen LogP contribution in [0.4, 0.5) is 0 Å². The van der Waals surface area contributed by atoms with E-state index < -0.39 is 0 Å². The molecule has 1 fully saturated rings. The molecule has 1 heterocycles. The Morgan fingerprint density at radius 3 is 2.22 bits per heavy atom. The van der Waals surface area contributed by atoms with Gasteiger partial charge in [-0.3, -0.25) is 0 Å². The zero-order valence-corrected chi connectivity index (χ0v) is 12.0. The second-order valence-corrected chi connectivity index (χ2v) is 4.85. The first-order chi connectivity index (χ1) is 8.56. The van der Waals surface area contributed by atoms with Crippen molar-refractivity contribution in [1.82, 2.24) is 4.90 Å². The lowest BCUT2D eigenvalue weighted by molar-refractivity contribution is -0.117. The third kappa shape index (κ3) is 12.1. The molecular weight excluding hydrogens is 229 g/mol. The van der Waals surface area contributed by atoms with Crippen molar-refractivity contribution >= 4 is 13.6 Å². The molecule has 0 aliphatic carbocycles. The Bertz CT molecular complexity index is 204. The minimum atomic E-state index is 0.000194. The summed E-state index contributed by atoms with van der Waals surface area (Å²) in [6.45, 7) is 1.44. The maximum Gasteiger partial charge on any atom is 0.157 e. The van der Waals surface area contributed by atoms with E-state index in [1.165, 1.54) is 0 Å². The van der Waals surface area contributed by atoms with Gasteiger partial charge in [0.25, 0.3) is 0 Å². The molecule has 1 aliphatic heterocycles. The normalized spacial score (nSPS) is 15.6. The van der Waals surface area contributed by atoms with E-state index in [-0.39, 0.29) is 18.4 Å². The first-order valence-corrected chi connectivity index (χ1v) is 6.62. The third-order valence-corrected chi connectivity index (χ3v) is 2.31. The largest absolute Gasteiger partial charge is 0.350 e. The fraction of sp³-hybridized carbons (Fsp3) is 0.923. The van der Waals surface area contributed by atoms with Crippen LogP contribution in [0.5, 0.6) is 0 Å². The van der Waals surface area contributed by atoms with Gasteiger partial charge in [-0.05, 0) is 46.7 Å². The highest BCUT2D eigenvalue weighted by atomic mass is 16.7. The van der Waals surface area contributed by atoms with Crippen LogP contribution in [0.25, 0.3) is 0 Å². The lowest BCUT2D eigenvalue weighted by Crippen LogP contribution is -2.06. The van der Waals surface area contributed by atoms with Gasteiger partial charge in [-0.25, -0.2) is 0 Å². The standard InChI is InChI=1S/C10H17BO3.C3H9N/c11-8-9(12)4-2-1-3-5-10-13-6-7-14-10;1-4(2)3/h10H,1-8H2;1-3H3. The Labute approximate surface area is 112 Å². The van der Waals surface area contributed by atoms with Crippen LogP contribution in [-0.4, -0.2) is 59.2 Å². The van der Waals surface area contributed by atoms with Crippen molar-refractivity contribution in [3.05, 3.63) is 0 Å². The summed E-state index contributed by atoms with van der Waals surface area (Å²) in [5.41, 5.74) is 0. The van der Waals surface area contributed by atoms with Crippen LogP contribution in [0.1, 0.15) is 32.1 Å². The highest BCUT2D eigenvalue weighted by molar-refractivity contribution is 6.20. The minimum absolute atomic E-state index is 0.000194. The fourth-order valence-electron chi connectivity index (χ4n) is 1.49. The SMILES string of the molecule is CN(C)C.[B]CC(=O)CCCCCC1OCCO1. The summed E-state index contributed by atoms with van der Waals surface area (Å²) in [5, 5.41) is 0. The molecule has 104 valence electrons. The first kappa shape index (κ1) is 17.6. The molecule has 1 rings (SSSR count). The topological polar surface area (TPSA) is 38.8 Å².